The summed E-state index contributed by atoms with van der Waals surface area (Å²) in [6, 6.07) is 22.8. The highest BCUT2D eigenvalue weighted by Crippen LogP contribution is 2.30. The third-order valence-corrected chi connectivity index (χ3v) is 5.03. The van der Waals surface area contributed by atoms with Gasteiger partial charge in [0.2, 0.25) is 0 Å². The van der Waals surface area contributed by atoms with E-state index in [2.05, 4.69) is 10.3 Å². The average molecular weight is 397 g/mol. The van der Waals surface area contributed by atoms with Crippen molar-refractivity contribution in [2.75, 3.05) is 11.1 Å². The molecule has 0 spiro atoms. The molecule has 4 aromatic rings. The Kier molecular flexibility index (Phi) is 5.35. The zero-order valence-corrected chi connectivity index (χ0v) is 17.0. The summed E-state index contributed by atoms with van der Waals surface area (Å²) >= 11 is 0. The van der Waals surface area contributed by atoms with Gasteiger partial charge in [-0.25, -0.2) is 0 Å². The topological polar surface area (TPSA) is 77.2 Å². The number of aromatic nitrogens is 1. The number of carbonyl (C=O) groups is 1. The minimum absolute atomic E-state index is 0.245. The Morgan fingerprint density at radius 2 is 1.67 bits per heavy atom. The smallest absolute Gasteiger partial charge is 0.256 e. The van der Waals surface area contributed by atoms with E-state index in [0.717, 1.165) is 22.2 Å². The van der Waals surface area contributed by atoms with E-state index in [-0.39, 0.29) is 12.5 Å². The number of aryl methyl sites for hydroxylation is 2. The molecule has 0 fully saturated rings. The molecule has 5 heteroatoms. The summed E-state index contributed by atoms with van der Waals surface area (Å²) in [6.07, 6.45) is 0. The fraction of sp³-hybridized carbons (Fsp3) is 0.120. The molecule has 0 radical (unpaired) electrons. The van der Waals surface area contributed by atoms with E-state index >= 15 is 0 Å². The summed E-state index contributed by atoms with van der Waals surface area (Å²) in [5, 5.41) is 3.77. The van der Waals surface area contributed by atoms with E-state index in [0.29, 0.717) is 22.6 Å². The number of fused-ring (bicyclic) bond motifs is 1. The molecule has 3 N–H and O–H groups in total. The lowest BCUT2D eigenvalue weighted by molar-refractivity contribution is 0.102. The molecule has 1 aromatic heterocycles. The van der Waals surface area contributed by atoms with Crippen LogP contribution < -0.4 is 15.8 Å². The molecule has 0 saturated heterocycles. The minimum atomic E-state index is -0.245. The van der Waals surface area contributed by atoms with Crippen molar-refractivity contribution < 1.29 is 9.53 Å². The number of rotatable bonds is 5. The Morgan fingerprint density at radius 3 is 2.47 bits per heavy atom. The molecule has 4 rings (SSSR count). The Bertz CT molecular complexity index is 1220. The van der Waals surface area contributed by atoms with Crippen molar-refractivity contribution in [3.05, 3.63) is 95.2 Å². The van der Waals surface area contributed by atoms with E-state index in [1.807, 2.05) is 80.6 Å². The number of hydrogen-bond acceptors (Lipinski definition) is 4. The maximum atomic E-state index is 13.1. The quantitative estimate of drug-likeness (QED) is 0.481. The molecule has 0 atom stereocenters. The first-order valence-corrected chi connectivity index (χ1v) is 9.76. The molecule has 150 valence electrons. The van der Waals surface area contributed by atoms with Gasteiger partial charge in [-0.3, -0.25) is 9.78 Å². The van der Waals surface area contributed by atoms with Crippen molar-refractivity contribution in [1.82, 2.24) is 4.98 Å². The van der Waals surface area contributed by atoms with Crippen LogP contribution in [0.5, 0.6) is 5.75 Å². The number of nitrogens with two attached hydrogens (primary N) is 1. The second-order valence-electron chi connectivity index (χ2n) is 7.22. The molecule has 1 heterocycles. The fourth-order valence-corrected chi connectivity index (χ4v) is 3.37. The summed E-state index contributed by atoms with van der Waals surface area (Å²) in [5.74, 6) is 0.514. The van der Waals surface area contributed by atoms with Crippen LogP contribution in [0.4, 0.5) is 11.4 Å². The van der Waals surface area contributed by atoms with Crippen LogP contribution in [-0.4, -0.2) is 10.9 Å². The van der Waals surface area contributed by atoms with Crippen LogP contribution in [0.15, 0.2) is 72.8 Å². The largest absolute Gasteiger partial charge is 0.489 e. The van der Waals surface area contributed by atoms with Crippen LogP contribution in [0.2, 0.25) is 0 Å². The van der Waals surface area contributed by atoms with Gasteiger partial charge < -0.3 is 15.8 Å². The van der Waals surface area contributed by atoms with Gasteiger partial charge in [0.15, 0.2) is 0 Å². The van der Waals surface area contributed by atoms with Gasteiger partial charge in [0.25, 0.3) is 5.91 Å². The molecule has 5 nitrogen and oxygen atoms in total. The standard InChI is InChI=1S/C25H23N3O2/c1-16-11-13-19(14-12-16)30-15-18-7-3-4-8-20(18)25(29)28-24-17(2)27-22-10-6-5-9-21(22)23(24)26/h3-14H,15H2,1-2H3,(H2,26,27)(H,28,29). The first-order valence-electron chi connectivity index (χ1n) is 9.76. The third kappa shape index (κ3) is 3.96. The number of nitrogens with zero attached hydrogens (tertiary/aromatic N) is 1. The first-order chi connectivity index (χ1) is 14.5. The molecule has 0 saturated carbocycles. The molecular formula is C25H23N3O2. The van der Waals surface area contributed by atoms with Crippen molar-refractivity contribution in [2.24, 2.45) is 0 Å². The number of nitrogens with one attached hydrogen (secondary N) is 1. The third-order valence-electron chi connectivity index (χ3n) is 5.03. The van der Waals surface area contributed by atoms with Crippen molar-refractivity contribution in [1.29, 1.82) is 0 Å². The predicted molar refractivity (Wildman–Crippen MR) is 121 cm³/mol. The average Bonchev–Trinajstić information content (AvgIpc) is 2.76. The number of ether oxygens (including phenoxy) is 1. The number of anilines is 2. The Hall–Kier alpha value is -3.86. The summed E-state index contributed by atoms with van der Waals surface area (Å²) < 4.78 is 5.88. The van der Waals surface area contributed by atoms with Gasteiger partial charge in [0.1, 0.15) is 12.4 Å². The summed E-state index contributed by atoms with van der Waals surface area (Å²) in [4.78, 5) is 17.7. The number of hydrogen-bond donors (Lipinski definition) is 2. The maximum absolute atomic E-state index is 13.1. The Labute approximate surface area is 175 Å². The van der Waals surface area contributed by atoms with E-state index in [4.69, 9.17) is 10.5 Å². The van der Waals surface area contributed by atoms with E-state index in [1.54, 1.807) is 6.07 Å². The normalized spacial score (nSPS) is 10.7. The fourth-order valence-electron chi connectivity index (χ4n) is 3.37. The van der Waals surface area contributed by atoms with Crippen LogP contribution in [0.3, 0.4) is 0 Å². The number of pyridine rings is 1. The van der Waals surface area contributed by atoms with E-state index in [1.165, 1.54) is 5.56 Å². The summed E-state index contributed by atoms with van der Waals surface area (Å²) in [5.41, 5.74) is 11.4. The molecule has 0 bridgehead atoms. The highest BCUT2D eigenvalue weighted by molar-refractivity contribution is 6.09. The van der Waals surface area contributed by atoms with Crippen LogP contribution >= 0.6 is 0 Å². The SMILES string of the molecule is Cc1ccc(OCc2ccccc2C(=O)Nc2c(C)nc3ccccc3c2N)cc1. The molecule has 0 aliphatic carbocycles. The van der Waals surface area contributed by atoms with Gasteiger partial charge in [-0.05, 0) is 38.1 Å². The molecule has 30 heavy (non-hydrogen) atoms. The lowest BCUT2D eigenvalue weighted by atomic mass is 10.1. The summed E-state index contributed by atoms with van der Waals surface area (Å²) in [6.45, 7) is 4.15. The molecule has 1 amide bonds. The van der Waals surface area contributed by atoms with Gasteiger partial charge in [-0.2, -0.15) is 0 Å². The van der Waals surface area contributed by atoms with Gasteiger partial charge in [-0.1, -0.05) is 54.1 Å². The monoisotopic (exact) mass is 397 g/mol. The maximum Gasteiger partial charge on any atom is 0.256 e. The van der Waals surface area contributed by atoms with E-state index in [9.17, 15) is 4.79 Å². The molecule has 0 aliphatic rings. The van der Waals surface area contributed by atoms with Crippen LogP contribution in [0, 0.1) is 13.8 Å². The highest BCUT2D eigenvalue weighted by atomic mass is 16.5. The lowest BCUT2D eigenvalue weighted by Crippen LogP contribution is -2.17. The molecule has 0 aliphatic heterocycles. The van der Waals surface area contributed by atoms with Gasteiger partial charge in [-0.15, -0.1) is 0 Å². The van der Waals surface area contributed by atoms with Crippen molar-refractivity contribution in [3.63, 3.8) is 0 Å². The van der Waals surface area contributed by atoms with Crippen molar-refractivity contribution in [3.8, 4) is 5.75 Å². The number of nitrogen functional groups attached to an aromatic ring is 1. The van der Waals surface area contributed by atoms with Gasteiger partial charge >= 0.3 is 0 Å². The minimum Gasteiger partial charge on any atom is -0.489 e. The van der Waals surface area contributed by atoms with Crippen molar-refractivity contribution >= 4 is 28.2 Å². The number of carbonyl (C=O) groups excluding carboxylic acids is 1. The molecule has 3 aromatic carbocycles. The van der Waals surface area contributed by atoms with Crippen molar-refractivity contribution in [2.45, 2.75) is 20.5 Å². The Balaban J connectivity index is 1.59. The zero-order chi connectivity index (χ0) is 21.1. The van der Waals surface area contributed by atoms with Crippen LogP contribution in [0.1, 0.15) is 27.2 Å². The zero-order valence-electron chi connectivity index (χ0n) is 17.0. The molecule has 0 unspecified atom stereocenters. The van der Waals surface area contributed by atoms with Crippen LogP contribution in [-0.2, 0) is 6.61 Å². The number of benzene rings is 3. The van der Waals surface area contributed by atoms with E-state index < -0.39 is 0 Å². The lowest BCUT2D eigenvalue weighted by Gasteiger charge is -2.15. The van der Waals surface area contributed by atoms with Gasteiger partial charge in [0.05, 0.1) is 22.6 Å². The second kappa shape index (κ2) is 8.25. The second-order valence-corrected chi connectivity index (χ2v) is 7.22. The van der Waals surface area contributed by atoms with Gasteiger partial charge in [0, 0.05) is 16.5 Å². The number of amides is 1. The number of para-hydroxylation sites is 1. The highest BCUT2D eigenvalue weighted by Gasteiger charge is 2.16. The van der Waals surface area contributed by atoms with Crippen LogP contribution in [0.25, 0.3) is 10.9 Å². The molecular weight excluding hydrogens is 374 g/mol. The predicted octanol–water partition coefficient (Wildman–Crippen LogP) is 5.27. The Morgan fingerprint density at radius 1 is 0.967 bits per heavy atom. The summed E-state index contributed by atoms with van der Waals surface area (Å²) in [7, 11) is 0. The first kappa shape index (κ1) is 19.5.